The lowest BCUT2D eigenvalue weighted by atomic mass is 10.1. The van der Waals surface area contributed by atoms with Crippen molar-refractivity contribution in [1.82, 2.24) is 9.88 Å². The number of rotatable bonds is 8. The molecule has 1 unspecified atom stereocenters. The van der Waals surface area contributed by atoms with Gasteiger partial charge in [0.25, 0.3) is 5.91 Å². The number of hydrogen-bond donors (Lipinski definition) is 2. The maximum atomic E-state index is 14.3. The first kappa shape index (κ1) is 25.3. The molecule has 182 valence electrons. The van der Waals surface area contributed by atoms with E-state index in [9.17, 15) is 31.9 Å². The standard InChI is InChI=1S/C23H24F2N2O6S/c1-4-33-20(29)12-34(31,32)15-7-5-14(6-8-15)17(11-28)26-23(30)19-10-16-18(27(19)3)9-13(2)21(24)22(16)25/h5-10,17,28H,4,11-12H2,1-3H3,(H,26,30). The van der Waals surface area contributed by atoms with Gasteiger partial charge in [0.1, 0.15) is 5.69 Å². The number of ether oxygens (including phenoxy) is 1. The van der Waals surface area contributed by atoms with Crippen molar-refractivity contribution < 1.29 is 36.6 Å². The summed E-state index contributed by atoms with van der Waals surface area (Å²) in [5.74, 6) is -4.36. The molecule has 1 aromatic heterocycles. The van der Waals surface area contributed by atoms with E-state index in [1.165, 1.54) is 54.9 Å². The third-order valence-electron chi connectivity index (χ3n) is 5.38. The van der Waals surface area contributed by atoms with E-state index >= 15 is 0 Å². The minimum Gasteiger partial charge on any atom is -0.465 e. The second-order valence-electron chi connectivity index (χ2n) is 7.68. The van der Waals surface area contributed by atoms with Crippen molar-refractivity contribution in [3.05, 3.63) is 64.9 Å². The second-order valence-corrected chi connectivity index (χ2v) is 9.67. The zero-order chi connectivity index (χ0) is 25.2. The average molecular weight is 495 g/mol. The van der Waals surface area contributed by atoms with E-state index < -0.39 is 51.7 Å². The molecule has 11 heteroatoms. The lowest BCUT2D eigenvalue weighted by molar-refractivity contribution is -0.139. The fourth-order valence-corrected chi connectivity index (χ4v) is 4.67. The van der Waals surface area contributed by atoms with Crippen molar-refractivity contribution >= 4 is 32.6 Å². The van der Waals surface area contributed by atoms with Crippen LogP contribution in [0.25, 0.3) is 10.9 Å². The maximum Gasteiger partial charge on any atom is 0.321 e. The summed E-state index contributed by atoms with van der Waals surface area (Å²) in [4.78, 5) is 24.3. The molecule has 0 saturated heterocycles. The minimum atomic E-state index is -3.92. The van der Waals surface area contributed by atoms with Gasteiger partial charge < -0.3 is 19.7 Å². The second kappa shape index (κ2) is 9.90. The SMILES string of the molecule is CCOC(=O)CS(=O)(=O)c1ccc(C(CO)NC(=O)c2cc3c(F)c(F)c(C)cc3n2C)cc1. The summed E-state index contributed by atoms with van der Waals surface area (Å²) in [6, 6.07) is 7.08. The fourth-order valence-electron chi connectivity index (χ4n) is 3.56. The number of carbonyl (C=O) groups is 2. The molecule has 0 radical (unpaired) electrons. The highest BCUT2D eigenvalue weighted by Crippen LogP contribution is 2.27. The first-order valence-electron chi connectivity index (χ1n) is 10.3. The lowest BCUT2D eigenvalue weighted by Crippen LogP contribution is -2.32. The van der Waals surface area contributed by atoms with Crippen LogP contribution in [0.2, 0.25) is 0 Å². The Morgan fingerprint density at radius 3 is 2.38 bits per heavy atom. The molecular weight excluding hydrogens is 470 g/mol. The quantitative estimate of drug-likeness (QED) is 0.465. The Balaban J connectivity index is 1.83. The molecular formula is C23H24F2N2O6S. The van der Waals surface area contributed by atoms with E-state index in [2.05, 4.69) is 10.1 Å². The van der Waals surface area contributed by atoms with Crippen molar-refractivity contribution in [1.29, 1.82) is 0 Å². The summed E-state index contributed by atoms with van der Waals surface area (Å²) in [5, 5.41) is 12.4. The van der Waals surface area contributed by atoms with Crippen molar-refractivity contribution in [2.45, 2.75) is 24.8 Å². The third-order valence-corrected chi connectivity index (χ3v) is 6.99. The molecule has 0 bridgehead atoms. The Labute approximate surface area is 195 Å². The zero-order valence-corrected chi connectivity index (χ0v) is 19.6. The fraction of sp³-hybridized carbons (Fsp3) is 0.304. The van der Waals surface area contributed by atoms with Gasteiger partial charge in [-0.15, -0.1) is 0 Å². The van der Waals surface area contributed by atoms with Crippen molar-refractivity contribution in [3.8, 4) is 0 Å². The van der Waals surface area contributed by atoms with Crippen LogP contribution >= 0.6 is 0 Å². The number of amides is 1. The highest BCUT2D eigenvalue weighted by molar-refractivity contribution is 7.92. The topological polar surface area (TPSA) is 115 Å². The number of aliphatic hydroxyl groups is 1. The molecule has 0 spiro atoms. The molecule has 1 heterocycles. The number of aromatic nitrogens is 1. The number of aliphatic hydroxyl groups excluding tert-OH is 1. The van der Waals surface area contributed by atoms with Crippen LogP contribution in [0.4, 0.5) is 8.78 Å². The van der Waals surface area contributed by atoms with Gasteiger partial charge in [0, 0.05) is 12.4 Å². The predicted octanol–water partition coefficient (Wildman–Crippen LogP) is 2.57. The zero-order valence-electron chi connectivity index (χ0n) is 18.8. The molecule has 2 aromatic carbocycles. The van der Waals surface area contributed by atoms with Gasteiger partial charge in [0.2, 0.25) is 0 Å². The van der Waals surface area contributed by atoms with Gasteiger partial charge in [-0.2, -0.15) is 0 Å². The van der Waals surface area contributed by atoms with E-state index in [1.54, 1.807) is 6.92 Å². The highest BCUT2D eigenvalue weighted by atomic mass is 32.2. The van der Waals surface area contributed by atoms with Crippen LogP contribution in [0.1, 0.15) is 34.6 Å². The monoisotopic (exact) mass is 494 g/mol. The first-order valence-corrected chi connectivity index (χ1v) is 12.0. The van der Waals surface area contributed by atoms with E-state index in [1.807, 2.05) is 0 Å². The number of esters is 1. The number of sulfone groups is 1. The van der Waals surface area contributed by atoms with Gasteiger partial charge in [0.15, 0.2) is 27.2 Å². The molecule has 2 N–H and O–H groups in total. The minimum absolute atomic E-state index is 0.0472. The van der Waals surface area contributed by atoms with Crippen LogP contribution < -0.4 is 5.32 Å². The molecule has 3 rings (SSSR count). The Morgan fingerprint density at radius 2 is 1.79 bits per heavy atom. The number of nitrogens with one attached hydrogen (secondary N) is 1. The smallest absolute Gasteiger partial charge is 0.321 e. The van der Waals surface area contributed by atoms with Crippen LogP contribution in [0.3, 0.4) is 0 Å². The summed E-state index contributed by atoms with van der Waals surface area (Å²) in [5.41, 5.74) is 0.881. The van der Waals surface area contributed by atoms with E-state index in [0.717, 1.165) is 0 Å². The van der Waals surface area contributed by atoms with Crippen LogP contribution in [-0.2, 0) is 26.4 Å². The van der Waals surface area contributed by atoms with Gasteiger partial charge in [-0.25, -0.2) is 17.2 Å². The normalized spacial score (nSPS) is 12.5. The number of carbonyl (C=O) groups excluding carboxylic acids is 2. The summed E-state index contributed by atoms with van der Waals surface area (Å²) in [6.45, 7) is 2.54. The summed E-state index contributed by atoms with van der Waals surface area (Å²) in [6.07, 6.45) is 0. The van der Waals surface area contributed by atoms with Crippen LogP contribution in [0.5, 0.6) is 0 Å². The summed E-state index contributed by atoms with van der Waals surface area (Å²) in [7, 11) is -2.39. The molecule has 0 aliphatic rings. The largest absolute Gasteiger partial charge is 0.465 e. The summed E-state index contributed by atoms with van der Waals surface area (Å²) >= 11 is 0. The molecule has 34 heavy (non-hydrogen) atoms. The summed E-state index contributed by atoms with van der Waals surface area (Å²) < 4.78 is 59.0. The van der Waals surface area contributed by atoms with Crippen molar-refractivity contribution in [2.24, 2.45) is 7.05 Å². The molecule has 3 aromatic rings. The molecule has 0 fully saturated rings. The average Bonchev–Trinajstić information content (AvgIpc) is 3.12. The van der Waals surface area contributed by atoms with Gasteiger partial charge in [-0.05, 0) is 49.2 Å². The van der Waals surface area contributed by atoms with Crippen molar-refractivity contribution in [2.75, 3.05) is 19.0 Å². The number of hydrogen-bond acceptors (Lipinski definition) is 6. The van der Waals surface area contributed by atoms with Crippen molar-refractivity contribution in [3.63, 3.8) is 0 Å². The van der Waals surface area contributed by atoms with Gasteiger partial charge in [-0.3, -0.25) is 9.59 Å². The maximum absolute atomic E-state index is 14.3. The molecule has 1 atom stereocenters. The van der Waals surface area contributed by atoms with Gasteiger partial charge in [-0.1, -0.05) is 12.1 Å². The van der Waals surface area contributed by atoms with E-state index in [-0.39, 0.29) is 28.1 Å². The van der Waals surface area contributed by atoms with Crippen LogP contribution in [-0.4, -0.2) is 48.9 Å². The number of nitrogens with zero attached hydrogens (tertiary/aromatic N) is 1. The van der Waals surface area contributed by atoms with E-state index in [4.69, 9.17) is 0 Å². The highest BCUT2D eigenvalue weighted by Gasteiger charge is 2.23. The molecule has 1 amide bonds. The molecule has 0 aliphatic heterocycles. The predicted molar refractivity (Wildman–Crippen MR) is 120 cm³/mol. The van der Waals surface area contributed by atoms with E-state index in [0.29, 0.717) is 11.1 Å². The lowest BCUT2D eigenvalue weighted by Gasteiger charge is -2.17. The number of halogens is 2. The van der Waals surface area contributed by atoms with Gasteiger partial charge >= 0.3 is 5.97 Å². The van der Waals surface area contributed by atoms with Crippen LogP contribution in [0.15, 0.2) is 41.3 Å². The Bertz CT molecular complexity index is 1350. The number of fused-ring (bicyclic) bond motifs is 1. The molecule has 0 saturated carbocycles. The molecule has 8 nitrogen and oxygen atoms in total. The Morgan fingerprint density at radius 1 is 1.15 bits per heavy atom. The number of benzene rings is 2. The molecule has 0 aliphatic carbocycles. The van der Waals surface area contributed by atoms with Gasteiger partial charge in [0.05, 0.1) is 29.7 Å². The Kier molecular flexibility index (Phi) is 7.37. The first-order chi connectivity index (χ1) is 16.0. The Hall–Kier alpha value is -3.31. The number of aryl methyl sites for hydroxylation is 2. The third kappa shape index (κ3) is 4.95. The van der Waals surface area contributed by atoms with Crippen LogP contribution in [0, 0.1) is 18.6 Å².